The summed E-state index contributed by atoms with van der Waals surface area (Å²) in [5, 5.41) is 13.2. The van der Waals surface area contributed by atoms with Crippen LogP contribution in [0.2, 0.25) is 0 Å². The number of carboxylic acids is 1. The second kappa shape index (κ2) is 12.3. The summed E-state index contributed by atoms with van der Waals surface area (Å²) in [4.78, 5) is 44.5. The smallest absolute Gasteiger partial charge is 0.335 e. The Morgan fingerprint density at radius 2 is 1.74 bits per heavy atom. The van der Waals surface area contributed by atoms with E-state index in [4.69, 9.17) is 5.11 Å². The number of carboxylic acid groups (broad SMARTS) is 1. The van der Waals surface area contributed by atoms with Crippen LogP contribution in [0.5, 0.6) is 0 Å². The Morgan fingerprint density at radius 3 is 2.43 bits per heavy atom. The minimum absolute atomic E-state index is 0.157. The summed E-state index contributed by atoms with van der Waals surface area (Å²) in [6.45, 7) is 2.36. The van der Waals surface area contributed by atoms with Crippen LogP contribution in [-0.2, 0) is 25.5 Å². The number of hydrazine groups is 1. The first-order valence-corrected chi connectivity index (χ1v) is 11.1. The fourth-order valence-corrected chi connectivity index (χ4v) is 3.55. The molecule has 0 saturated carbocycles. The van der Waals surface area contributed by atoms with Gasteiger partial charge in [0.15, 0.2) is 6.10 Å². The van der Waals surface area contributed by atoms with Gasteiger partial charge in [0.1, 0.15) is 0 Å². The van der Waals surface area contributed by atoms with Crippen molar-refractivity contribution in [3.05, 3.63) is 83.4 Å². The third-order valence-corrected chi connectivity index (χ3v) is 5.40. The lowest BCUT2D eigenvalue weighted by molar-refractivity contribution is -0.138. The molecule has 0 spiro atoms. The van der Waals surface area contributed by atoms with E-state index >= 15 is 0 Å². The molecule has 3 amide bonds. The highest BCUT2D eigenvalue weighted by Crippen LogP contribution is 2.24. The molecule has 9 nitrogen and oxygen atoms in total. The number of benzene rings is 3. The first kappa shape index (κ1) is 25.4. The van der Waals surface area contributed by atoms with Crippen molar-refractivity contribution in [3.63, 3.8) is 0 Å². The molecule has 1 aliphatic rings. The molecule has 0 aromatic heterocycles. The minimum Gasteiger partial charge on any atom is -0.479 e. The van der Waals surface area contributed by atoms with Gasteiger partial charge in [0.05, 0.1) is 12.6 Å². The SMILES string of the molecule is CC(NC(=O)c1ccccc1CCC(=O)NNC=O)c1cccc2ccccc12.O=C(O)C1CO1. The Kier molecular flexibility index (Phi) is 8.91. The van der Waals surface area contributed by atoms with Gasteiger partial charge in [-0.1, -0.05) is 60.7 Å². The molecule has 2 unspecified atom stereocenters. The van der Waals surface area contributed by atoms with E-state index in [0.29, 0.717) is 25.0 Å². The predicted octanol–water partition coefficient (Wildman–Crippen LogP) is 2.51. The Hall–Kier alpha value is -4.24. The van der Waals surface area contributed by atoms with E-state index in [0.717, 1.165) is 21.9 Å². The molecule has 2 atom stereocenters. The first-order valence-electron chi connectivity index (χ1n) is 11.1. The van der Waals surface area contributed by atoms with E-state index in [1.165, 1.54) is 0 Å². The molecular weight excluding hydrogens is 450 g/mol. The molecule has 1 fully saturated rings. The van der Waals surface area contributed by atoms with Gasteiger partial charge in [0.25, 0.3) is 5.91 Å². The molecule has 9 heteroatoms. The lowest BCUT2D eigenvalue weighted by atomic mass is 9.98. The van der Waals surface area contributed by atoms with Crippen molar-refractivity contribution in [2.45, 2.75) is 31.9 Å². The highest BCUT2D eigenvalue weighted by molar-refractivity contribution is 5.96. The van der Waals surface area contributed by atoms with Crippen molar-refractivity contribution < 1.29 is 29.0 Å². The van der Waals surface area contributed by atoms with Gasteiger partial charge in [0, 0.05) is 12.0 Å². The average molecular weight is 478 g/mol. The number of rotatable bonds is 9. The van der Waals surface area contributed by atoms with Gasteiger partial charge in [-0.15, -0.1) is 0 Å². The summed E-state index contributed by atoms with van der Waals surface area (Å²) in [5.41, 5.74) is 6.75. The zero-order chi connectivity index (χ0) is 25.2. The number of hydrogen-bond acceptors (Lipinski definition) is 5. The van der Waals surface area contributed by atoms with Crippen molar-refractivity contribution in [2.24, 2.45) is 0 Å². The molecule has 4 N–H and O–H groups in total. The second-order valence-corrected chi connectivity index (χ2v) is 7.89. The van der Waals surface area contributed by atoms with E-state index in [-0.39, 0.29) is 24.3 Å². The van der Waals surface area contributed by atoms with Crippen molar-refractivity contribution in [3.8, 4) is 0 Å². The maximum absolute atomic E-state index is 12.9. The fraction of sp³-hybridized carbons (Fsp3) is 0.231. The number of ether oxygens (including phenoxy) is 1. The Morgan fingerprint density at radius 1 is 1.06 bits per heavy atom. The molecule has 0 bridgehead atoms. The van der Waals surface area contributed by atoms with E-state index in [2.05, 4.69) is 20.9 Å². The largest absolute Gasteiger partial charge is 0.479 e. The summed E-state index contributed by atoms with van der Waals surface area (Å²) in [7, 11) is 0. The molecule has 0 aliphatic carbocycles. The number of fused-ring (bicyclic) bond motifs is 1. The number of amides is 3. The van der Waals surface area contributed by atoms with Gasteiger partial charge < -0.3 is 15.2 Å². The van der Waals surface area contributed by atoms with Crippen LogP contribution in [0.1, 0.15) is 40.9 Å². The number of epoxide rings is 1. The molecule has 1 saturated heterocycles. The zero-order valence-corrected chi connectivity index (χ0v) is 19.2. The lowest BCUT2D eigenvalue weighted by Gasteiger charge is -2.18. The maximum atomic E-state index is 12.9. The summed E-state index contributed by atoms with van der Waals surface area (Å²) in [6.07, 6.45) is 0.460. The summed E-state index contributed by atoms with van der Waals surface area (Å²) in [5.74, 6) is -1.36. The average Bonchev–Trinajstić information content (AvgIpc) is 3.72. The van der Waals surface area contributed by atoms with Gasteiger partial charge in [-0.3, -0.25) is 25.2 Å². The Labute approximate surface area is 202 Å². The number of nitrogens with one attached hydrogen (secondary N) is 3. The quantitative estimate of drug-likeness (QED) is 0.212. The summed E-state index contributed by atoms with van der Waals surface area (Å²) < 4.78 is 4.37. The van der Waals surface area contributed by atoms with Crippen molar-refractivity contribution in [2.75, 3.05) is 6.61 Å². The van der Waals surface area contributed by atoms with Crippen LogP contribution in [-0.4, -0.2) is 42.0 Å². The molecule has 35 heavy (non-hydrogen) atoms. The third-order valence-electron chi connectivity index (χ3n) is 5.40. The van der Waals surface area contributed by atoms with E-state index in [1.54, 1.807) is 12.1 Å². The van der Waals surface area contributed by atoms with Crippen LogP contribution in [0.4, 0.5) is 0 Å². The van der Waals surface area contributed by atoms with Gasteiger partial charge in [-0.25, -0.2) is 4.79 Å². The molecule has 3 aromatic carbocycles. The Balaban J connectivity index is 0.000000497. The van der Waals surface area contributed by atoms with Crippen molar-refractivity contribution in [1.29, 1.82) is 0 Å². The standard InChI is InChI=1S/C23H23N3O3.C3H4O3/c1-16(19-12-6-9-17-7-2-4-10-20(17)19)25-23(29)21-11-5-3-8-18(21)13-14-22(28)26-24-15-27;4-3(5)2-1-6-2/h2-12,15-16H,13-14H2,1H3,(H,24,27)(H,25,29)(H,26,28);2H,1H2,(H,4,5). The number of carbonyl (C=O) groups is 4. The lowest BCUT2D eigenvalue weighted by Crippen LogP contribution is -2.36. The normalized spacial score (nSPS) is 14.6. The van der Waals surface area contributed by atoms with Crippen LogP contribution >= 0.6 is 0 Å². The van der Waals surface area contributed by atoms with Gasteiger partial charge in [-0.05, 0) is 41.3 Å². The highest BCUT2D eigenvalue weighted by atomic mass is 16.6. The van der Waals surface area contributed by atoms with Crippen molar-refractivity contribution >= 4 is 35.0 Å². The van der Waals surface area contributed by atoms with Crippen LogP contribution in [0, 0.1) is 0 Å². The van der Waals surface area contributed by atoms with Crippen LogP contribution in [0.15, 0.2) is 66.7 Å². The fourth-order valence-electron chi connectivity index (χ4n) is 3.55. The monoisotopic (exact) mass is 477 g/mol. The van der Waals surface area contributed by atoms with Crippen LogP contribution in [0.25, 0.3) is 10.8 Å². The van der Waals surface area contributed by atoms with Crippen LogP contribution in [0.3, 0.4) is 0 Å². The van der Waals surface area contributed by atoms with E-state index < -0.39 is 12.1 Å². The molecule has 182 valence electrons. The predicted molar refractivity (Wildman–Crippen MR) is 129 cm³/mol. The Bertz CT molecular complexity index is 1200. The maximum Gasteiger partial charge on any atom is 0.335 e. The zero-order valence-electron chi connectivity index (χ0n) is 19.2. The summed E-state index contributed by atoms with van der Waals surface area (Å²) in [6, 6.07) is 21.2. The first-order chi connectivity index (χ1) is 16.9. The van der Waals surface area contributed by atoms with Gasteiger partial charge in [0.2, 0.25) is 12.3 Å². The van der Waals surface area contributed by atoms with Gasteiger partial charge >= 0.3 is 5.97 Å². The molecule has 1 heterocycles. The second-order valence-electron chi connectivity index (χ2n) is 7.89. The highest BCUT2D eigenvalue weighted by Gasteiger charge is 2.30. The molecular formula is C26H27N3O6. The van der Waals surface area contributed by atoms with E-state index in [1.807, 2.05) is 61.5 Å². The number of hydrogen-bond donors (Lipinski definition) is 4. The molecule has 3 aromatic rings. The van der Waals surface area contributed by atoms with E-state index in [9.17, 15) is 19.2 Å². The van der Waals surface area contributed by atoms with Crippen molar-refractivity contribution in [1.82, 2.24) is 16.2 Å². The topological polar surface area (TPSA) is 137 Å². The van der Waals surface area contributed by atoms with Crippen LogP contribution < -0.4 is 16.2 Å². The minimum atomic E-state index is -0.852. The number of carbonyl (C=O) groups excluding carboxylic acids is 3. The molecule has 0 radical (unpaired) electrons. The number of aliphatic carboxylic acids is 1. The van der Waals surface area contributed by atoms with Gasteiger partial charge in [-0.2, -0.15) is 0 Å². The molecule has 1 aliphatic heterocycles. The molecule has 4 rings (SSSR count). The summed E-state index contributed by atoms with van der Waals surface area (Å²) >= 11 is 0. The third kappa shape index (κ3) is 7.38. The number of aryl methyl sites for hydroxylation is 1.